The summed E-state index contributed by atoms with van der Waals surface area (Å²) in [5, 5.41) is 4.86. The zero-order valence-electron chi connectivity index (χ0n) is 36.4. The zero-order valence-corrected chi connectivity index (χ0v) is 37.4. The standard InChI is InChI=1S/C52H80O4Si/c1-3-5-7-9-11-13-15-17-19-21-23-25-27-29-41-55-47-37-39-49-45(43-47)33-31-35-51(49)57(53,54)52-36-32-34-46-44-48(38-40-50(46)52)56-42-30-28-26-24-22-20-18-16-14-12-10-8-6-4-2/h31-40,43-44,53-54H,3-30,41-42H2,1-2H3. The molecule has 0 heterocycles. The summed E-state index contributed by atoms with van der Waals surface area (Å²) in [7, 11) is -4.03. The van der Waals surface area contributed by atoms with Gasteiger partial charge in [-0.3, -0.25) is 0 Å². The molecular formula is C52H80O4Si. The van der Waals surface area contributed by atoms with E-state index in [-0.39, 0.29) is 0 Å². The third-order valence-electron chi connectivity index (χ3n) is 12.0. The molecule has 0 atom stereocenters. The van der Waals surface area contributed by atoms with Crippen molar-refractivity contribution in [1.29, 1.82) is 0 Å². The number of hydrogen-bond acceptors (Lipinski definition) is 4. The Kier molecular flexibility index (Phi) is 23.4. The second kappa shape index (κ2) is 28.5. The van der Waals surface area contributed by atoms with E-state index in [2.05, 4.69) is 13.8 Å². The minimum Gasteiger partial charge on any atom is -0.494 e. The predicted molar refractivity (Wildman–Crippen MR) is 249 cm³/mol. The van der Waals surface area contributed by atoms with Crippen LogP contribution in [0.1, 0.15) is 194 Å². The fourth-order valence-electron chi connectivity index (χ4n) is 8.43. The maximum Gasteiger partial charge on any atom is 0.402 e. The summed E-state index contributed by atoms with van der Waals surface area (Å²) in [6, 6.07) is 23.7. The lowest BCUT2D eigenvalue weighted by Crippen LogP contribution is -2.59. The second-order valence-electron chi connectivity index (χ2n) is 16.9. The monoisotopic (exact) mass is 797 g/mol. The van der Waals surface area contributed by atoms with E-state index in [9.17, 15) is 9.59 Å². The lowest BCUT2D eigenvalue weighted by molar-refractivity contribution is 0.304. The van der Waals surface area contributed by atoms with E-state index in [1.165, 1.54) is 167 Å². The lowest BCUT2D eigenvalue weighted by Gasteiger charge is -2.22. The molecule has 0 fully saturated rings. The van der Waals surface area contributed by atoms with Crippen molar-refractivity contribution < 1.29 is 19.1 Å². The lowest BCUT2D eigenvalue weighted by atomic mass is 10.0. The van der Waals surface area contributed by atoms with Gasteiger partial charge in [0, 0.05) is 10.4 Å². The number of fused-ring (bicyclic) bond motifs is 2. The molecule has 0 unspecified atom stereocenters. The van der Waals surface area contributed by atoms with Gasteiger partial charge in [-0.2, -0.15) is 0 Å². The van der Waals surface area contributed by atoms with Crippen LogP contribution in [0.3, 0.4) is 0 Å². The minimum absolute atomic E-state index is 0.601. The van der Waals surface area contributed by atoms with Gasteiger partial charge in [0.15, 0.2) is 0 Å². The Morgan fingerprint density at radius 3 is 0.982 bits per heavy atom. The Hall–Kier alpha value is -2.86. The van der Waals surface area contributed by atoms with Crippen LogP contribution in [0, 0.1) is 0 Å². The highest BCUT2D eigenvalue weighted by Crippen LogP contribution is 2.25. The first-order chi connectivity index (χ1) is 28.0. The van der Waals surface area contributed by atoms with Gasteiger partial charge in [-0.1, -0.05) is 229 Å². The molecular weight excluding hydrogens is 717 g/mol. The number of benzene rings is 4. The SMILES string of the molecule is CCCCCCCCCCCCCCCCOc1ccc2c([Si](O)(O)c3cccc4cc(OCCCCCCCCCCCCCCCC)ccc34)cccc2c1. The highest BCUT2D eigenvalue weighted by molar-refractivity contribution is 6.93. The topological polar surface area (TPSA) is 58.9 Å². The predicted octanol–water partition coefficient (Wildman–Crippen LogP) is 14.3. The van der Waals surface area contributed by atoms with E-state index in [1.807, 2.05) is 72.8 Å². The Bertz CT molecular complexity index is 1510. The van der Waals surface area contributed by atoms with E-state index in [0.29, 0.717) is 23.6 Å². The van der Waals surface area contributed by atoms with Gasteiger partial charge < -0.3 is 19.1 Å². The van der Waals surface area contributed by atoms with Gasteiger partial charge in [-0.05, 0) is 58.7 Å². The van der Waals surface area contributed by atoms with Crippen LogP contribution >= 0.6 is 0 Å². The summed E-state index contributed by atoms with van der Waals surface area (Å²) >= 11 is 0. The fourth-order valence-corrected chi connectivity index (χ4v) is 10.6. The first-order valence-corrected chi connectivity index (χ1v) is 25.7. The summed E-state index contributed by atoms with van der Waals surface area (Å²) in [4.78, 5) is 23.9. The van der Waals surface area contributed by atoms with E-state index < -0.39 is 8.56 Å². The number of hydrogen-bond donors (Lipinski definition) is 2. The Morgan fingerprint density at radius 1 is 0.368 bits per heavy atom. The van der Waals surface area contributed by atoms with Crippen molar-refractivity contribution >= 4 is 40.5 Å². The molecule has 57 heavy (non-hydrogen) atoms. The van der Waals surface area contributed by atoms with Gasteiger partial charge in [-0.15, -0.1) is 0 Å². The average Bonchev–Trinajstić information content (AvgIpc) is 3.23. The highest BCUT2D eigenvalue weighted by atomic mass is 28.4. The molecule has 4 rings (SSSR count). The third-order valence-corrected chi connectivity index (χ3v) is 14.4. The molecule has 4 nitrogen and oxygen atoms in total. The third kappa shape index (κ3) is 17.5. The van der Waals surface area contributed by atoms with Gasteiger partial charge in [0.25, 0.3) is 0 Å². The molecule has 4 aromatic carbocycles. The van der Waals surface area contributed by atoms with Crippen molar-refractivity contribution in [3.05, 3.63) is 72.8 Å². The van der Waals surface area contributed by atoms with Crippen LogP contribution in [0.5, 0.6) is 11.5 Å². The fraction of sp³-hybridized carbons (Fsp3) is 0.615. The quantitative estimate of drug-likeness (QED) is 0.0365. The summed E-state index contributed by atoms with van der Waals surface area (Å²) in [5.41, 5.74) is 0. The van der Waals surface area contributed by atoms with Crippen LogP contribution in [0.25, 0.3) is 21.5 Å². The molecule has 5 heteroatoms. The zero-order chi connectivity index (χ0) is 40.2. The van der Waals surface area contributed by atoms with Crippen molar-refractivity contribution in [2.75, 3.05) is 13.2 Å². The molecule has 0 aliphatic heterocycles. The minimum atomic E-state index is -4.03. The van der Waals surface area contributed by atoms with Crippen LogP contribution in [0.15, 0.2) is 72.8 Å². The number of ether oxygens (including phenoxy) is 2. The van der Waals surface area contributed by atoms with Gasteiger partial charge >= 0.3 is 8.56 Å². The van der Waals surface area contributed by atoms with Crippen LogP contribution in [-0.4, -0.2) is 31.4 Å². The van der Waals surface area contributed by atoms with Crippen molar-refractivity contribution in [1.82, 2.24) is 0 Å². The van der Waals surface area contributed by atoms with Crippen LogP contribution in [0.4, 0.5) is 0 Å². The first kappa shape index (κ1) is 46.8. The molecule has 0 radical (unpaired) electrons. The number of unbranched alkanes of at least 4 members (excludes halogenated alkanes) is 26. The Labute approximate surface area is 349 Å². The molecule has 316 valence electrons. The molecule has 0 bridgehead atoms. The summed E-state index contributed by atoms with van der Waals surface area (Å²) in [6.07, 6.45) is 37.7. The summed E-state index contributed by atoms with van der Waals surface area (Å²) in [5.74, 6) is 1.67. The Morgan fingerprint density at radius 2 is 0.667 bits per heavy atom. The normalized spacial score (nSPS) is 11.9. The maximum atomic E-state index is 11.9. The van der Waals surface area contributed by atoms with E-state index in [4.69, 9.17) is 9.47 Å². The molecule has 2 N–H and O–H groups in total. The van der Waals surface area contributed by atoms with Gasteiger partial charge in [0.05, 0.1) is 13.2 Å². The average molecular weight is 797 g/mol. The van der Waals surface area contributed by atoms with Gasteiger partial charge in [-0.25, -0.2) is 0 Å². The highest BCUT2D eigenvalue weighted by Gasteiger charge is 2.37. The first-order valence-electron chi connectivity index (χ1n) is 23.8. The molecule has 0 aliphatic rings. The van der Waals surface area contributed by atoms with Crippen LogP contribution < -0.4 is 19.8 Å². The molecule has 0 saturated heterocycles. The molecule has 0 saturated carbocycles. The Balaban J connectivity index is 1.15. The van der Waals surface area contributed by atoms with E-state index in [0.717, 1.165) is 45.9 Å². The molecule has 0 aliphatic carbocycles. The van der Waals surface area contributed by atoms with Crippen molar-refractivity contribution in [2.24, 2.45) is 0 Å². The van der Waals surface area contributed by atoms with Crippen molar-refractivity contribution in [3.63, 3.8) is 0 Å². The van der Waals surface area contributed by atoms with Crippen LogP contribution in [0.2, 0.25) is 0 Å². The van der Waals surface area contributed by atoms with Gasteiger partial charge in [0.2, 0.25) is 0 Å². The van der Waals surface area contributed by atoms with Crippen molar-refractivity contribution in [2.45, 2.75) is 194 Å². The smallest absolute Gasteiger partial charge is 0.402 e. The maximum absolute atomic E-state index is 11.9. The summed E-state index contributed by atoms with van der Waals surface area (Å²) in [6.45, 7) is 5.99. The molecule has 0 spiro atoms. The largest absolute Gasteiger partial charge is 0.494 e. The van der Waals surface area contributed by atoms with Crippen molar-refractivity contribution in [3.8, 4) is 11.5 Å². The second-order valence-corrected chi connectivity index (χ2v) is 19.4. The molecule has 4 aromatic rings. The molecule has 0 amide bonds. The van der Waals surface area contributed by atoms with E-state index in [1.54, 1.807) is 0 Å². The summed E-state index contributed by atoms with van der Waals surface area (Å²) < 4.78 is 12.3. The van der Waals surface area contributed by atoms with Gasteiger partial charge in [0.1, 0.15) is 11.5 Å². The van der Waals surface area contributed by atoms with Crippen LogP contribution in [-0.2, 0) is 0 Å². The number of rotatable bonds is 34. The van der Waals surface area contributed by atoms with E-state index >= 15 is 0 Å². The molecule has 0 aromatic heterocycles.